The summed E-state index contributed by atoms with van der Waals surface area (Å²) >= 11 is 1.70. The predicted octanol–water partition coefficient (Wildman–Crippen LogP) is 2.13. The molecule has 2 aromatic heterocycles. The van der Waals surface area contributed by atoms with Crippen LogP contribution in [0.4, 0.5) is 0 Å². The Labute approximate surface area is 117 Å². The van der Waals surface area contributed by atoms with Crippen LogP contribution in [0, 0.1) is 0 Å². The Morgan fingerprint density at radius 2 is 2.16 bits per heavy atom. The van der Waals surface area contributed by atoms with Gasteiger partial charge in [-0.1, -0.05) is 18.2 Å². The molecule has 0 aliphatic rings. The topological polar surface area (TPSA) is 63.8 Å². The van der Waals surface area contributed by atoms with E-state index in [1.54, 1.807) is 24.2 Å². The van der Waals surface area contributed by atoms with E-state index in [4.69, 9.17) is 5.11 Å². The summed E-state index contributed by atoms with van der Waals surface area (Å²) < 4.78 is 1.99. The smallest absolute Gasteiger partial charge is 0.191 e. The zero-order chi connectivity index (χ0) is 13.5. The zero-order valence-electron chi connectivity index (χ0n) is 11.0. The second kappa shape index (κ2) is 7.25. The van der Waals surface area contributed by atoms with Gasteiger partial charge in [-0.2, -0.15) is 0 Å². The molecular formula is C13H18N4OS. The Morgan fingerprint density at radius 1 is 1.26 bits per heavy atom. The van der Waals surface area contributed by atoms with Gasteiger partial charge in [0.2, 0.25) is 0 Å². The van der Waals surface area contributed by atoms with Crippen molar-refractivity contribution in [1.29, 1.82) is 0 Å². The number of unbranched alkanes of at least 4 members (excludes halogenated alkanes) is 2. The minimum atomic E-state index is 0.278. The van der Waals surface area contributed by atoms with Crippen molar-refractivity contribution in [2.24, 2.45) is 7.05 Å². The van der Waals surface area contributed by atoms with Crippen LogP contribution >= 0.6 is 11.8 Å². The van der Waals surface area contributed by atoms with E-state index >= 15 is 0 Å². The lowest BCUT2D eigenvalue weighted by Crippen LogP contribution is -1.95. The number of hydrogen-bond donors (Lipinski definition) is 1. The van der Waals surface area contributed by atoms with Gasteiger partial charge in [0.15, 0.2) is 11.0 Å². The maximum atomic E-state index is 8.72. The maximum Gasteiger partial charge on any atom is 0.191 e. The highest BCUT2D eigenvalue weighted by Crippen LogP contribution is 2.22. The van der Waals surface area contributed by atoms with Crippen molar-refractivity contribution in [3.05, 3.63) is 24.5 Å². The first-order valence-corrected chi connectivity index (χ1v) is 7.35. The molecule has 0 saturated heterocycles. The second-order valence-corrected chi connectivity index (χ2v) is 5.30. The van der Waals surface area contributed by atoms with Crippen LogP contribution in [0.5, 0.6) is 0 Å². The largest absolute Gasteiger partial charge is 0.396 e. The van der Waals surface area contributed by atoms with Crippen LogP contribution in [0.25, 0.3) is 11.4 Å². The molecule has 0 saturated carbocycles. The quantitative estimate of drug-likeness (QED) is 0.621. The fourth-order valence-corrected chi connectivity index (χ4v) is 2.65. The number of aliphatic hydroxyl groups is 1. The average molecular weight is 278 g/mol. The fraction of sp³-hybridized carbons (Fsp3) is 0.462. The third kappa shape index (κ3) is 3.78. The Kier molecular flexibility index (Phi) is 5.35. The first-order valence-electron chi connectivity index (χ1n) is 6.36. The molecule has 0 radical (unpaired) electrons. The summed E-state index contributed by atoms with van der Waals surface area (Å²) in [7, 11) is 1.97. The molecule has 0 aliphatic heterocycles. The lowest BCUT2D eigenvalue weighted by atomic mass is 10.3. The Balaban J connectivity index is 1.95. The lowest BCUT2D eigenvalue weighted by molar-refractivity contribution is 0.284. The molecule has 0 spiro atoms. The molecule has 0 fully saturated rings. The molecule has 0 bridgehead atoms. The molecule has 1 N–H and O–H groups in total. The normalized spacial score (nSPS) is 10.8. The number of aromatic nitrogens is 4. The zero-order valence-corrected chi connectivity index (χ0v) is 11.8. The van der Waals surface area contributed by atoms with Gasteiger partial charge in [-0.25, -0.2) is 0 Å². The minimum Gasteiger partial charge on any atom is -0.396 e. The number of hydrogen-bond acceptors (Lipinski definition) is 5. The lowest BCUT2D eigenvalue weighted by Gasteiger charge is -2.03. The molecule has 102 valence electrons. The Hall–Kier alpha value is -1.40. The number of nitrogens with zero attached hydrogens (tertiary/aromatic N) is 4. The van der Waals surface area contributed by atoms with Gasteiger partial charge in [0.25, 0.3) is 0 Å². The van der Waals surface area contributed by atoms with Gasteiger partial charge < -0.3 is 9.67 Å². The molecule has 2 rings (SSSR count). The van der Waals surface area contributed by atoms with Gasteiger partial charge >= 0.3 is 0 Å². The third-order valence-corrected chi connectivity index (χ3v) is 3.89. The SMILES string of the molecule is Cn1c(SCCCCCO)nnc1-c1cccnc1. The van der Waals surface area contributed by atoms with Gasteiger partial charge in [0.05, 0.1) is 0 Å². The Bertz CT molecular complexity index is 501. The van der Waals surface area contributed by atoms with E-state index in [1.807, 2.05) is 23.7 Å². The van der Waals surface area contributed by atoms with E-state index in [-0.39, 0.29) is 6.61 Å². The summed E-state index contributed by atoms with van der Waals surface area (Å²) in [6, 6.07) is 3.87. The van der Waals surface area contributed by atoms with E-state index < -0.39 is 0 Å². The molecule has 6 heteroatoms. The molecule has 0 unspecified atom stereocenters. The maximum absolute atomic E-state index is 8.72. The molecule has 0 aliphatic carbocycles. The third-order valence-electron chi connectivity index (χ3n) is 2.79. The first-order chi connectivity index (χ1) is 9.33. The van der Waals surface area contributed by atoms with Crippen molar-refractivity contribution in [2.45, 2.75) is 24.4 Å². The predicted molar refractivity (Wildman–Crippen MR) is 75.9 cm³/mol. The highest BCUT2D eigenvalue weighted by Gasteiger charge is 2.10. The van der Waals surface area contributed by atoms with Crippen molar-refractivity contribution in [3.63, 3.8) is 0 Å². The van der Waals surface area contributed by atoms with E-state index in [0.29, 0.717) is 0 Å². The standard InChI is InChI=1S/C13H18N4OS/c1-17-12(11-6-5-7-14-10-11)15-16-13(17)19-9-4-2-3-8-18/h5-7,10,18H,2-4,8-9H2,1H3. The molecule has 2 heterocycles. The molecular weight excluding hydrogens is 260 g/mol. The van der Waals surface area contributed by atoms with Gasteiger partial charge in [0, 0.05) is 37.4 Å². The monoisotopic (exact) mass is 278 g/mol. The Morgan fingerprint density at radius 3 is 2.89 bits per heavy atom. The van der Waals surface area contributed by atoms with Crippen LogP contribution in [-0.4, -0.2) is 37.2 Å². The van der Waals surface area contributed by atoms with Crippen molar-refractivity contribution in [2.75, 3.05) is 12.4 Å². The molecule has 19 heavy (non-hydrogen) atoms. The summed E-state index contributed by atoms with van der Waals surface area (Å²) in [5, 5.41) is 18.1. The summed E-state index contributed by atoms with van der Waals surface area (Å²) in [5.74, 6) is 1.84. The van der Waals surface area contributed by atoms with Crippen molar-refractivity contribution >= 4 is 11.8 Å². The number of aliphatic hydroxyl groups excluding tert-OH is 1. The summed E-state index contributed by atoms with van der Waals surface area (Å²) in [6.45, 7) is 0.278. The van der Waals surface area contributed by atoms with Gasteiger partial charge in [-0.3, -0.25) is 4.98 Å². The van der Waals surface area contributed by atoms with Gasteiger partial charge in [-0.15, -0.1) is 10.2 Å². The highest BCUT2D eigenvalue weighted by molar-refractivity contribution is 7.99. The highest BCUT2D eigenvalue weighted by atomic mass is 32.2. The summed E-state index contributed by atoms with van der Waals surface area (Å²) in [6.07, 6.45) is 6.55. The van der Waals surface area contributed by atoms with Crippen molar-refractivity contribution in [3.8, 4) is 11.4 Å². The average Bonchev–Trinajstić information content (AvgIpc) is 2.81. The van der Waals surface area contributed by atoms with Crippen LogP contribution in [0.3, 0.4) is 0 Å². The van der Waals surface area contributed by atoms with Gasteiger partial charge in [-0.05, 0) is 25.0 Å². The first kappa shape index (κ1) is 14.0. The van der Waals surface area contributed by atoms with Crippen molar-refractivity contribution < 1.29 is 5.11 Å². The van der Waals surface area contributed by atoms with E-state index in [9.17, 15) is 0 Å². The number of rotatable bonds is 7. The van der Waals surface area contributed by atoms with Crippen LogP contribution < -0.4 is 0 Å². The fourth-order valence-electron chi connectivity index (χ4n) is 1.74. The molecule has 2 aromatic rings. The number of pyridine rings is 1. The molecule has 0 atom stereocenters. The minimum absolute atomic E-state index is 0.278. The van der Waals surface area contributed by atoms with Gasteiger partial charge in [0.1, 0.15) is 0 Å². The second-order valence-electron chi connectivity index (χ2n) is 4.24. The van der Waals surface area contributed by atoms with Crippen LogP contribution in [-0.2, 0) is 7.05 Å². The molecule has 5 nitrogen and oxygen atoms in total. The van der Waals surface area contributed by atoms with Crippen molar-refractivity contribution in [1.82, 2.24) is 19.7 Å². The van der Waals surface area contributed by atoms with E-state index in [2.05, 4.69) is 15.2 Å². The van der Waals surface area contributed by atoms with Crippen LogP contribution in [0.1, 0.15) is 19.3 Å². The number of thioether (sulfide) groups is 1. The van der Waals surface area contributed by atoms with Crippen LogP contribution in [0.2, 0.25) is 0 Å². The van der Waals surface area contributed by atoms with E-state index in [0.717, 1.165) is 41.6 Å². The van der Waals surface area contributed by atoms with Crippen LogP contribution in [0.15, 0.2) is 29.7 Å². The molecule has 0 aromatic carbocycles. The summed E-state index contributed by atoms with van der Waals surface area (Å²) in [4.78, 5) is 4.10. The van der Waals surface area contributed by atoms with E-state index in [1.165, 1.54) is 0 Å². The molecule has 0 amide bonds. The summed E-state index contributed by atoms with van der Waals surface area (Å²) in [5.41, 5.74) is 0.977.